The van der Waals surface area contributed by atoms with Gasteiger partial charge in [0.2, 0.25) is 0 Å². The highest BCUT2D eigenvalue weighted by Crippen LogP contribution is 1.98. The fourth-order valence-electron chi connectivity index (χ4n) is 1.22. The molecule has 0 saturated heterocycles. The van der Waals surface area contributed by atoms with Crippen LogP contribution in [0.15, 0.2) is 0 Å². The summed E-state index contributed by atoms with van der Waals surface area (Å²) in [6.45, 7) is 10.8. The first-order valence-corrected chi connectivity index (χ1v) is 5.59. The molecule has 0 aliphatic heterocycles. The van der Waals surface area contributed by atoms with E-state index in [0.717, 1.165) is 6.54 Å². The van der Waals surface area contributed by atoms with Gasteiger partial charge in [0.25, 0.3) is 0 Å². The zero-order valence-corrected chi connectivity index (χ0v) is 10.3. The van der Waals surface area contributed by atoms with E-state index < -0.39 is 0 Å². The number of carbonyl (C=O) groups is 1. The fourth-order valence-corrected chi connectivity index (χ4v) is 1.22. The fraction of sp³-hybridized carbons (Fsp3) is 0.909. The van der Waals surface area contributed by atoms with Crippen LogP contribution < -0.4 is 0 Å². The average Bonchev–Trinajstić information content (AvgIpc) is 2.16. The SMILES string of the molecule is CCOCCN(CC(=O)OCC)C(C)C. The van der Waals surface area contributed by atoms with Crippen molar-refractivity contribution in [2.24, 2.45) is 0 Å². The van der Waals surface area contributed by atoms with Gasteiger partial charge in [-0.25, -0.2) is 0 Å². The molecule has 0 unspecified atom stereocenters. The Kier molecular flexibility index (Phi) is 8.33. The lowest BCUT2D eigenvalue weighted by atomic mass is 10.3. The number of carbonyl (C=O) groups excluding carboxylic acids is 1. The van der Waals surface area contributed by atoms with Gasteiger partial charge in [-0.3, -0.25) is 9.69 Å². The largest absolute Gasteiger partial charge is 0.465 e. The van der Waals surface area contributed by atoms with Crippen molar-refractivity contribution in [1.29, 1.82) is 0 Å². The molecule has 90 valence electrons. The second-order valence-electron chi connectivity index (χ2n) is 3.57. The summed E-state index contributed by atoms with van der Waals surface area (Å²) in [5, 5.41) is 0. The summed E-state index contributed by atoms with van der Waals surface area (Å²) in [7, 11) is 0. The van der Waals surface area contributed by atoms with Crippen molar-refractivity contribution in [3.05, 3.63) is 0 Å². The van der Waals surface area contributed by atoms with Crippen molar-refractivity contribution in [2.45, 2.75) is 33.7 Å². The molecule has 0 aliphatic carbocycles. The lowest BCUT2D eigenvalue weighted by molar-refractivity contribution is -0.145. The number of rotatable bonds is 8. The minimum atomic E-state index is -0.164. The third-order valence-corrected chi connectivity index (χ3v) is 2.09. The first-order chi connectivity index (χ1) is 7.11. The molecule has 0 rings (SSSR count). The van der Waals surface area contributed by atoms with Gasteiger partial charge >= 0.3 is 5.97 Å². The van der Waals surface area contributed by atoms with E-state index in [4.69, 9.17) is 9.47 Å². The van der Waals surface area contributed by atoms with Crippen molar-refractivity contribution in [1.82, 2.24) is 4.90 Å². The average molecular weight is 217 g/mol. The highest BCUT2D eigenvalue weighted by atomic mass is 16.5. The molecule has 0 aromatic heterocycles. The molecule has 0 heterocycles. The van der Waals surface area contributed by atoms with Crippen molar-refractivity contribution < 1.29 is 14.3 Å². The maximum Gasteiger partial charge on any atom is 0.320 e. The Morgan fingerprint density at radius 3 is 2.40 bits per heavy atom. The Labute approximate surface area is 92.5 Å². The minimum absolute atomic E-state index is 0.164. The van der Waals surface area contributed by atoms with Gasteiger partial charge in [-0.1, -0.05) is 0 Å². The Balaban J connectivity index is 3.87. The van der Waals surface area contributed by atoms with Gasteiger partial charge in [-0.2, -0.15) is 0 Å². The maximum atomic E-state index is 11.3. The molecular weight excluding hydrogens is 194 g/mol. The van der Waals surface area contributed by atoms with Crippen molar-refractivity contribution in [2.75, 3.05) is 32.9 Å². The van der Waals surface area contributed by atoms with E-state index in [1.165, 1.54) is 0 Å². The Hall–Kier alpha value is -0.610. The number of ether oxygens (including phenoxy) is 2. The van der Waals surface area contributed by atoms with Crippen LogP contribution in [0.4, 0.5) is 0 Å². The number of hydrogen-bond acceptors (Lipinski definition) is 4. The molecule has 0 radical (unpaired) electrons. The van der Waals surface area contributed by atoms with Gasteiger partial charge in [-0.05, 0) is 27.7 Å². The van der Waals surface area contributed by atoms with Crippen molar-refractivity contribution in [3.8, 4) is 0 Å². The summed E-state index contributed by atoms with van der Waals surface area (Å²) in [5.41, 5.74) is 0. The molecule has 0 aromatic rings. The summed E-state index contributed by atoms with van der Waals surface area (Å²) in [4.78, 5) is 13.3. The van der Waals surface area contributed by atoms with Crippen LogP contribution in [-0.4, -0.2) is 49.8 Å². The quantitative estimate of drug-likeness (QED) is 0.454. The molecule has 0 atom stereocenters. The van der Waals surface area contributed by atoms with Crippen LogP contribution in [0.5, 0.6) is 0 Å². The van der Waals surface area contributed by atoms with E-state index in [9.17, 15) is 4.79 Å². The molecule has 0 N–H and O–H groups in total. The molecule has 0 aromatic carbocycles. The maximum absolute atomic E-state index is 11.3. The van der Waals surface area contributed by atoms with Crippen LogP contribution in [-0.2, 0) is 14.3 Å². The Morgan fingerprint density at radius 2 is 1.93 bits per heavy atom. The first-order valence-electron chi connectivity index (χ1n) is 5.59. The molecular formula is C11H23NO3. The monoisotopic (exact) mass is 217 g/mol. The third kappa shape index (κ3) is 7.33. The van der Waals surface area contributed by atoms with Crippen LogP contribution >= 0.6 is 0 Å². The minimum Gasteiger partial charge on any atom is -0.465 e. The number of hydrogen-bond donors (Lipinski definition) is 0. The molecule has 0 spiro atoms. The molecule has 0 fully saturated rings. The lowest BCUT2D eigenvalue weighted by Crippen LogP contribution is -2.38. The smallest absolute Gasteiger partial charge is 0.320 e. The van der Waals surface area contributed by atoms with Crippen LogP contribution in [0.3, 0.4) is 0 Å². The molecule has 0 saturated carbocycles. The molecule has 4 heteroatoms. The predicted octanol–water partition coefficient (Wildman–Crippen LogP) is 1.30. The van der Waals surface area contributed by atoms with Crippen LogP contribution in [0.2, 0.25) is 0 Å². The van der Waals surface area contributed by atoms with Gasteiger partial charge in [0, 0.05) is 19.2 Å². The van der Waals surface area contributed by atoms with E-state index in [-0.39, 0.29) is 5.97 Å². The van der Waals surface area contributed by atoms with Crippen LogP contribution in [0, 0.1) is 0 Å². The summed E-state index contributed by atoms with van der Waals surface area (Å²) in [6.07, 6.45) is 0. The molecule has 0 amide bonds. The standard InChI is InChI=1S/C11H23NO3/c1-5-14-8-7-12(10(3)4)9-11(13)15-6-2/h10H,5-9H2,1-4H3. The Morgan fingerprint density at radius 1 is 1.27 bits per heavy atom. The second kappa shape index (κ2) is 8.68. The summed E-state index contributed by atoms with van der Waals surface area (Å²) < 4.78 is 10.2. The van der Waals surface area contributed by atoms with Gasteiger partial charge < -0.3 is 9.47 Å². The van der Waals surface area contributed by atoms with E-state index in [1.807, 2.05) is 18.7 Å². The summed E-state index contributed by atoms with van der Waals surface area (Å²) >= 11 is 0. The second-order valence-corrected chi connectivity index (χ2v) is 3.57. The summed E-state index contributed by atoms with van der Waals surface area (Å²) in [5.74, 6) is -0.164. The van der Waals surface area contributed by atoms with Crippen LogP contribution in [0.1, 0.15) is 27.7 Å². The highest BCUT2D eigenvalue weighted by Gasteiger charge is 2.14. The van der Waals surface area contributed by atoms with E-state index in [1.54, 1.807) is 0 Å². The van der Waals surface area contributed by atoms with E-state index in [2.05, 4.69) is 13.8 Å². The topological polar surface area (TPSA) is 38.8 Å². The zero-order valence-electron chi connectivity index (χ0n) is 10.3. The van der Waals surface area contributed by atoms with Crippen LogP contribution in [0.25, 0.3) is 0 Å². The summed E-state index contributed by atoms with van der Waals surface area (Å²) in [6, 6.07) is 0.329. The third-order valence-electron chi connectivity index (χ3n) is 2.09. The van der Waals surface area contributed by atoms with Gasteiger partial charge in [0.15, 0.2) is 0 Å². The lowest BCUT2D eigenvalue weighted by Gasteiger charge is -2.24. The van der Waals surface area contributed by atoms with Gasteiger partial charge in [0.1, 0.15) is 0 Å². The van der Waals surface area contributed by atoms with Gasteiger partial charge in [0.05, 0.1) is 19.8 Å². The molecule has 15 heavy (non-hydrogen) atoms. The zero-order chi connectivity index (χ0) is 11.7. The van der Waals surface area contributed by atoms with E-state index >= 15 is 0 Å². The predicted molar refractivity (Wildman–Crippen MR) is 59.8 cm³/mol. The van der Waals surface area contributed by atoms with Gasteiger partial charge in [-0.15, -0.1) is 0 Å². The number of nitrogens with zero attached hydrogens (tertiary/aromatic N) is 1. The Bertz CT molecular complexity index is 171. The van der Waals surface area contributed by atoms with Crippen molar-refractivity contribution in [3.63, 3.8) is 0 Å². The number of esters is 1. The molecule has 4 nitrogen and oxygen atoms in total. The van der Waals surface area contributed by atoms with E-state index in [0.29, 0.717) is 32.4 Å². The van der Waals surface area contributed by atoms with Crippen molar-refractivity contribution >= 4 is 5.97 Å². The highest BCUT2D eigenvalue weighted by molar-refractivity contribution is 5.71. The molecule has 0 aliphatic rings. The first kappa shape index (κ1) is 14.4. The normalized spacial score (nSPS) is 11.1. The molecule has 0 bridgehead atoms.